The molecule has 5 heteroatoms. The summed E-state index contributed by atoms with van der Waals surface area (Å²) in [7, 11) is 0. The first-order chi connectivity index (χ1) is 11.6. The lowest BCUT2D eigenvalue weighted by molar-refractivity contribution is 0.0532. The third-order valence-electron chi connectivity index (χ3n) is 4.79. The second-order valence-corrected chi connectivity index (χ2v) is 7.08. The molecule has 0 unspecified atom stereocenters. The van der Waals surface area contributed by atoms with Gasteiger partial charge in [0.2, 0.25) is 0 Å². The second kappa shape index (κ2) is 12.5. The summed E-state index contributed by atoms with van der Waals surface area (Å²) in [6.45, 7) is 16.9. The molecule has 1 heterocycles. The molecular weight excluding hydrogens is 300 g/mol. The van der Waals surface area contributed by atoms with Crippen molar-refractivity contribution in [1.82, 2.24) is 15.5 Å². The second-order valence-electron chi connectivity index (χ2n) is 7.08. The van der Waals surface area contributed by atoms with E-state index in [1.165, 1.54) is 25.7 Å². The molecule has 2 N–H and O–H groups in total. The van der Waals surface area contributed by atoms with Gasteiger partial charge in [-0.2, -0.15) is 0 Å². The van der Waals surface area contributed by atoms with Gasteiger partial charge >= 0.3 is 0 Å². The van der Waals surface area contributed by atoms with Crippen molar-refractivity contribution in [1.29, 1.82) is 0 Å². The molecule has 1 saturated heterocycles. The van der Waals surface area contributed by atoms with Crippen LogP contribution in [-0.4, -0.2) is 62.3 Å². The third kappa shape index (κ3) is 8.88. The lowest BCUT2D eigenvalue weighted by atomic mass is 10.0. The van der Waals surface area contributed by atoms with Gasteiger partial charge in [-0.25, -0.2) is 0 Å². The molecule has 1 aliphatic heterocycles. The van der Waals surface area contributed by atoms with Crippen LogP contribution in [0.4, 0.5) is 0 Å². The predicted octanol–water partition coefficient (Wildman–Crippen LogP) is 2.87. The molecule has 142 valence electrons. The normalized spacial score (nSPS) is 17.7. The fraction of sp³-hybridized carbons (Fsp3) is 0.947. The number of ether oxygens (including phenoxy) is 1. The number of rotatable bonds is 10. The first-order valence-corrected chi connectivity index (χ1v) is 9.97. The largest absolute Gasteiger partial charge is 0.377 e. The van der Waals surface area contributed by atoms with Gasteiger partial charge in [0.25, 0.3) is 0 Å². The smallest absolute Gasteiger partial charge is 0.191 e. The first-order valence-electron chi connectivity index (χ1n) is 9.97. The molecule has 0 radical (unpaired) electrons. The van der Waals surface area contributed by atoms with Crippen LogP contribution < -0.4 is 10.6 Å². The van der Waals surface area contributed by atoms with Crippen LogP contribution in [0.2, 0.25) is 0 Å². The summed E-state index contributed by atoms with van der Waals surface area (Å²) < 4.78 is 5.66. The number of likely N-dealkylation sites (tertiary alicyclic amines) is 1. The summed E-state index contributed by atoms with van der Waals surface area (Å²) in [6.07, 6.45) is 5.10. The van der Waals surface area contributed by atoms with E-state index >= 15 is 0 Å². The van der Waals surface area contributed by atoms with Gasteiger partial charge in [0.15, 0.2) is 5.96 Å². The van der Waals surface area contributed by atoms with Crippen LogP contribution in [-0.2, 0) is 4.74 Å². The minimum Gasteiger partial charge on any atom is -0.377 e. The summed E-state index contributed by atoms with van der Waals surface area (Å²) in [6, 6.07) is 0.534. The molecule has 0 aromatic heterocycles. The van der Waals surface area contributed by atoms with E-state index in [-0.39, 0.29) is 0 Å². The zero-order valence-electron chi connectivity index (χ0n) is 16.6. The highest BCUT2D eigenvalue weighted by atomic mass is 16.5. The summed E-state index contributed by atoms with van der Waals surface area (Å²) in [5.74, 6) is 1.69. The molecule has 0 amide bonds. The molecule has 0 aromatic rings. The molecule has 1 fully saturated rings. The zero-order valence-corrected chi connectivity index (χ0v) is 16.6. The maximum Gasteiger partial charge on any atom is 0.191 e. The Bertz CT molecular complexity index is 334. The third-order valence-corrected chi connectivity index (χ3v) is 4.79. The Labute approximate surface area is 149 Å². The Kier molecular flexibility index (Phi) is 11.1. The van der Waals surface area contributed by atoms with Crippen molar-refractivity contribution in [2.75, 3.05) is 39.3 Å². The Morgan fingerprint density at radius 1 is 1.17 bits per heavy atom. The molecular formula is C19H40N4O. The lowest BCUT2D eigenvalue weighted by Gasteiger charge is -2.33. The van der Waals surface area contributed by atoms with Crippen LogP contribution in [0, 0.1) is 5.92 Å². The van der Waals surface area contributed by atoms with Crippen LogP contribution in [0.1, 0.15) is 60.3 Å². The highest BCUT2D eigenvalue weighted by Gasteiger charge is 2.19. The highest BCUT2D eigenvalue weighted by molar-refractivity contribution is 5.80. The Balaban J connectivity index is 2.34. The number of hydrogen-bond donors (Lipinski definition) is 2. The summed E-state index contributed by atoms with van der Waals surface area (Å²) in [5.41, 5.74) is 0. The van der Waals surface area contributed by atoms with Crippen LogP contribution in [0.15, 0.2) is 4.99 Å². The lowest BCUT2D eigenvalue weighted by Crippen LogP contribution is -2.49. The Morgan fingerprint density at radius 3 is 2.38 bits per heavy atom. The fourth-order valence-electron chi connectivity index (χ4n) is 3.00. The molecule has 0 bridgehead atoms. The van der Waals surface area contributed by atoms with E-state index in [4.69, 9.17) is 9.73 Å². The maximum atomic E-state index is 5.66. The van der Waals surface area contributed by atoms with Crippen LogP contribution >= 0.6 is 0 Å². The van der Waals surface area contributed by atoms with Crippen molar-refractivity contribution < 1.29 is 4.74 Å². The average molecular weight is 341 g/mol. The number of piperidine rings is 1. The number of aliphatic imine (C=N–C) groups is 1. The monoisotopic (exact) mass is 340 g/mol. The van der Waals surface area contributed by atoms with E-state index in [0.29, 0.717) is 18.1 Å². The van der Waals surface area contributed by atoms with Gasteiger partial charge < -0.3 is 20.3 Å². The molecule has 0 spiro atoms. The van der Waals surface area contributed by atoms with Gasteiger partial charge in [-0.3, -0.25) is 4.99 Å². The molecule has 1 aliphatic rings. The Morgan fingerprint density at radius 2 is 1.83 bits per heavy atom. The topological polar surface area (TPSA) is 48.9 Å². The van der Waals surface area contributed by atoms with Crippen LogP contribution in [0.3, 0.4) is 0 Å². The Hall–Kier alpha value is -0.810. The van der Waals surface area contributed by atoms with E-state index in [0.717, 1.165) is 45.3 Å². The number of nitrogens with one attached hydrogen (secondary N) is 2. The van der Waals surface area contributed by atoms with Crippen molar-refractivity contribution in [2.24, 2.45) is 10.9 Å². The molecule has 1 rings (SSSR count). The van der Waals surface area contributed by atoms with E-state index in [2.05, 4.69) is 50.2 Å². The van der Waals surface area contributed by atoms with Crippen molar-refractivity contribution >= 4 is 5.96 Å². The summed E-state index contributed by atoms with van der Waals surface area (Å²) >= 11 is 0. The van der Waals surface area contributed by atoms with E-state index in [9.17, 15) is 0 Å². The SMILES string of the molecule is CCNC(=NCC(CC)CC)NC1CCN(CCOC(C)C)CC1. The number of guanidine groups is 1. The zero-order chi connectivity index (χ0) is 17.8. The summed E-state index contributed by atoms with van der Waals surface area (Å²) in [4.78, 5) is 7.31. The highest BCUT2D eigenvalue weighted by Crippen LogP contribution is 2.11. The molecule has 0 saturated carbocycles. The average Bonchev–Trinajstić information content (AvgIpc) is 2.57. The summed E-state index contributed by atoms with van der Waals surface area (Å²) in [5, 5.41) is 7.03. The molecule has 5 nitrogen and oxygen atoms in total. The van der Waals surface area contributed by atoms with Gasteiger partial charge in [0.1, 0.15) is 0 Å². The number of nitrogens with zero attached hydrogens (tertiary/aromatic N) is 2. The van der Waals surface area contributed by atoms with Gasteiger partial charge in [-0.15, -0.1) is 0 Å². The van der Waals surface area contributed by atoms with Crippen LogP contribution in [0.5, 0.6) is 0 Å². The van der Waals surface area contributed by atoms with Crippen molar-refractivity contribution in [3.63, 3.8) is 0 Å². The predicted molar refractivity (Wildman–Crippen MR) is 104 cm³/mol. The van der Waals surface area contributed by atoms with Gasteiger partial charge in [-0.1, -0.05) is 26.7 Å². The first kappa shape index (κ1) is 21.2. The fourth-order valence-corrected chi connectivity index (χ4v) is 3.00. The van der Waals surface area contributed by atoms with Crippen molar-refractivity contribution in [2.45, 2.75) is 72.4 Å². The minimum absolute atomic E-state index is 0.332. The minimum atomic E-state index is 0.332. The van der Waals surface area contributed by atoms with Crippen molar-refractivity contribution in [3.05, 3.63) is 0 Å². The molecule has 0 aromatic carbocycles. The number of hydrogen-bond acceptors (Lipinski definition) is 3. The molecule has 24 heavy (non-hydrogen) atoms. The van der Waals surface area contributed by atoms with Crippen LogP contribution in [0.25, 0.3) is 0 Å². The van der Waals surface area contributed by atoms with Gasteiger partial charge in [0, 0.05) is 38.8 Å². The maximum absolute atomic E-state index is 5.66. The van der Waals surface area contributed by atoms with E-state index in [1.807, 2.05) is 0 Å². The van der Waals surface area contributed by atoms with E-state index < -0.39 is 0 Å². The quantitative estimate of drug-likeness (QED) is 0.474. The van der Waals surface area contributed by atoms with Crippen molar-refractivity contribution in [3.8, 4) is 0 Å². The standard InChI is InChI=1S/C19H40N4O/c1-6-17(7-2)15-21-19(20-8-3)22-18-9-11-23(12-10-18)13-14-24-16(4)5/h16-18H,6-15H2,1-5H3,(H2,20,21,22). The van der Waals surface area contributed by atoms with Gasteiger partial charge in [0.05, 0.1) is 12.7 Å². The molecule has 0 aliphatic carbocycles. The molecule has 0 atom stereocenters. The van der Waals surface area contributed by atoms with E-state index in [1.54, 1.807) is 0 Å². The van der Waals surface area contributed by atoms with Gasteiger partial charge in [-0.05, 0) is 39.5 Å².